The van der Waals surface area contributed by atoms with Crippen molar-refractivity contribution in [3.05, 3.63) is 23.7 Å². The monoisotopic (exact) mass is 196 g/mol. The molecule has 0 aliphatic carbocycles. The summed E-state index contributed by atoms with van der Waals surface area (Å²) in [5.41, 5.74) is 4.07. The normalized spacial score (nSPS) is 13.5. The summed E-state index contributed by atoms with van der Waals surface area (Å²) in [6.07, 6.45) is 3.96. The predicted molar refractivity (Wildman–Crippen MR) is 57.6 cm³/mol. The molecular formula is C11H20N2O. The number of hydrogen-bond acceptors (Lipinski definition) is 3. The fraction of sp³-hybridized carbons (Fsp3) is 0.636. The Balaban J connectivity index is 2.86. The molecule has 1 rings (SSSR count). The van der Waals surface area contributed by atoms with E-state index in [4.69, 9.17) is 10.3 Å². The average Bonchev–Trinajstić information content (AvgIpc) is 2.61. The van der Waals surface area contributed by atoms with Crippen molar-refractivity contribution in [2.45, 2.75) is 39.7 Å². The van der Waals surface area contributed by atoms with Crippen LogP contribution in [0.25, 0.3) is 0 Å². The van der Waals surface area contributed by atoms with Crippen LogP contribution in [0.5, 0.6) is 0 Å². The summed E-state index contributed by atoms with van der Waals surface area (Å²) in [4.78, 5) is 0. The lowest BCUT2D eigenvalue weighted by molar-refractivity contribution is 0.341. The predicted octanol–water partition coefficient (Wildman–Crippen LogP) is 2.53. The topological polar surface area (TPSA) is 51.2 Å². The van der Waals surface area contributed by atoms with Crippen LogP contribution >= 0.6 is 0 Å². The van der Waals surface area contributed by atoms with Crippen molar-refractivity contribution >= 4 is 0 Å². The van der Waals surface area contributed by atoms with E-state index < -0.39 is 0 Å². The molecule has 0 spiro atoms. The number of aryl methyl sites for hydroxylation is 1. The second-order valence-corrected chi connectivity index (χ2v) is 3.65. The van der Waals surface area contributed by atoms with Crippen LogP contribution in [0.3, 0.4) is 0 Å². The summed E-state index contributed by atoms with van der Waals surface area (Å²) in [5, 5.41) is 0. The SMILES string of the molecule is CCC(CC)C(NN)c1ccoc1C. The van der Waals surface area contributed by atoms with Gasteiger partial charge in [0.15, 0.2) is 0 Å². The van der Waals surface area contributed by atoms with Crippen molar-refractivity contribution in [3.8, 4) is 0 Å². The maximum absolute atomic E-state index is 5.59. The molecule has 14 heavy (non-hydrogen) atoms. The highest BCUT2D eigenvalue weighted by Gasteiger charge is 2.21. The average molecular weight is 196 g/mol. The summed E-state index contributed by atoms with van der Waals surface area (Å²) in [5.74, 6) is 7.12. The fourth-order valence-corrected chi connectivity index (χ4v) is 1.96. The van der Waals surface area contributed by atoms with Gasteiger partial charge in [0.25, 0.3) is 0 Å². The van der Waals surface area contributed by atoms with E-state index in [0.29, 0.717) is 5.92 Å². The molecule has 0 aromatic carbocycles. The van der Waals surface area contributed by atoms with Gasteiger partial charge in [-0.2, -0.15) is 0 Å². The first-order valence-corrected chi connectivity index (χ1v) is 5.24. The Kier molecular flexibility index (Phi) is 4.17. The molecule has 1 atom stereocenters. The van der Waals surface area contributed by atoms with Gasteiger partial charge >= 0.3 is 0 Å². The minimum Gasteiger partial charge on any atom is -0.469 e. The first-order chi connectivity index (χ1) is 6.74. The van der Waals surface area contributed by atoms with Crippen LogP contribution < -0.4 is 11.3 Å². The molecule has 0 aliphatic rings. The second kappa shape index (κ2) is 5.17. The van der Waals surface area contributed by atoms with Gasteiger partial charge in [-0.25, -0.2) is 0 Å². The Morgan fingerprint density at radius 2 is 2.07 bits per heavy atom. The van der Waals surface area contributed by atoms with E-state index in [1.165, 1.54) is 5.56 Å². The molecule has 3 nitrogen and oxygen atoms in total. The van der Waals surface area contributed by atoms with Crippen LogP contribution in [0.1, 0.15) is 44.1 Å². The fourth-order valence-electron chi connectivity index (χ4n) is 1.96. The first-order valence-electron chi connectivity index (χ1n) is 5.24. The molecular weight excluding hydrogens is 176 g/mol. The summed E-state index contributed by atoms with van der Waals surface area (Å²) < 4.78 is 5.29. The van der Waals surface area contributed by atoms with E-state index in [0.717, 1.165) is 18.6 Å². The van der Waals surface area contributed by atoms with Crippen LogP contribution in [-0.4, -0.2) is 0 Å². The molecule has 1 aromatic rings. The Bertz CT molecular complexity index is 266. The van der Waals surface area contributed by atoms with Crippen molar-refractivity contribution in [3.63, 3.8) is 0 Å². The zero-order valence-corrected chi connectivity index (χ0v) is 9.21. The van der Waals surface area contributed by atoms with Crippen molar-refractivity contribution in [2.24, 2.45) is 11.8 Å². The number of nitrogens with two attached hydrogens (primary N) is 1. The quantitative estimate of drug-likeness (QED) is 0.562. The maximum Gasteiger partial charge on any atom is 0.105 e. The van der Waals surface area contributed by atoms with Gasteiger partial charge in [0, 0.05) is 5.56 Å². The molecule has 1 aromatic heterocycles. The van der Waals surface area contributed by atoms with E-state index in [1.54, 1.807) is 6.26 Å². The Hall–Kier alpha value is -0.800. The molecule has 0 radical (unpaired) electrons. The zero-order valence-electron chi connectivity index (χ0n) is 9.21. The van der Waals surface area contributed by atoms with Crippen LogP contribution in [0.15, 0.2) is 16.7 Å². The molecule has 3 N–H and O–H groups in total. The number of nitrogens with one attached hydrogen (secondary N) is 1. The molecule has 1 unspecified atom stereocenters. The van der Waals surface area contributed by atoms with E-state index in [2.05, 4.69) is 19.3 Å². The van der Waals surface area contributed by atoms with E-state index >= 15 is 0 Å². The van der Waals surface area contributed by atoms with E-state index in [9.17, 15) is 0 Å². The van der Waals surface area contributed by atoms with Crippen LogP contribution in [-0.2, 0) is 0 Å². The van der Waals surface area contributed by atoms with Crippen LogP contribution in [0.4, 0.5) is 0 Å². The largest absolute Gasteiger partial charge is 0.469 e. The summed E-state index contributed by atoms with van der Waals surface area (Å²) in [7, 11) is 0. The van der Waals surface area contributed by atoms with Crippen molar-refractivity contribution in [1.82, 2.24) is 5.43 Å². The lowest BCUT2D eigenvalue weighted by Gasteiger charge is -2.24. The first kappa shape index (κ1) is 11.3. The van der Waals surface area contributed by atoms with Crippen LogP contribution in [0.2, 0.25) is 0 Å². The molecule has 0 saturated heterocycles. The molecule has 0 bridgehead atoms. The minimum atomic E-state index is 0.212. The third-order valence-electron chi connectivity index (χ3n) is 2.93. The van der Waals surface area contributed by atoms with Gasteiger partial charge in [0.05, 0.1) is 12.3 Å². The molecule has 0 amide bonds. The molecule has 3 heteroatoms. The Morgan fingerprint density at radius 3 is 2.43 bits per heavy atom. The molecule has 0 aliphatic heterocycles. The van der Waals surface area contributed by atoms with Gasteiger partial charge in [-0.1, -0.05) is 26.7 Å². The number of furan rings is 1. The summed E-state index contributed by atoms with van der Waals surface area (Å²) >= 11 is 0. The third-order valence-corrected chi connectivity index (χ3v) is 2.93. The minimum absolute atomic E-state index is 0.212. The number of hydrazine groups is 1. The third kappa shape index (κ3) is 2.16. The molecule has 0 saturated carbocycles. The Labute approximate surface area is 85.6 Å². The highest BCUT2D eigenvalue weighted by Crippen LogP contribution is 2.29. The van der Waals surface area contributed by atoms with Gasteiger partial charge in [0.1, 0.15) is 5.76 Å². The van der Waals surface area contributed by atoms with Gasteiger partial charge in [-0.05, 0) is 18.9 Å². The van der Waals surface area contributed by atoms with Crippen molar-refractivity contribution in [1.29, 1.82) is 0 Å². The maximum atomic E-state index is 5.59. The standard InChI is InChI=1S/C11H20N2O/c1-4-9(5-2)11(13-12)10-6-7-14-8(10)3/h6-7,9,11,13H,4-5,12H2,1-3H3. The Morgan fingerprint density at radius 1 is 1.43 bits per heavy atom. The van der Waals surface area contributed by atoms with Crippen molar-refractivity contribution in [2.75, 3.05) is 0 Å². The number of hydrogen-bond donors (Lipinski definition) is 2. The molecule has 1 heterocycles. The highest BCUT2D eigenvalue weighted by molar-refractivity contribution is 5.20. The van der Waals surface area contributed by atoms with Gasteiger partial charge in [-0.15, -0.1) is 0 Å². The van der Waals surface area contributed by atoms with E-state index in [-0.39, 0.29) is 6.04 Å². The van der Waals surface area contributed by atoms with Gasteiger partial charge in [0.2, 0.25) is 0 Å². The smallest absolute Gasteiger partial charge is 0.105 e. The molecule has 0 fully saturated rings. The van der Waals surface area contributed by atoms with Crippen molar-refractivity contribution < 1.29 is 4.42 Å². The lowest BCUT2D eigenvalue weighted by Crippen LogP contribution is -2.33. The zero-order chi connectivity index (χ0) is 10.6. The summed E-state index contributed by atoms with van der Waals surface area (Å²) in [6.45, 7) is 6.35. The van der Waals surface area contributed by atoms with E-state index in [1.807, 2.05) is 13.0 Å². The van der Waals surface area contributed by atoms with Crippen LogP contribution in [0, 0.1) is 12.8 Å². The van der Waals surface area contributed by atoms with Gasteiger partial charge < -0.3 is 4.42 Å². The molecule has 80 valence electrons. The summed E-state index contributed by atoms with van der Waals surface area (Å²) in [6, 6.07) is 2.21. The number of rotatable bonds is 5. The van der Waals surface area contributed by atoms with Gasteiger partial charge in [-0.3, -0.25) is 11.3 Å². The lowest BCUT2D eigenvalue weighted by atomic mass is 9.89. The highest BCUT2D eigenvalue weighted by atomic mass is 16.3. The second-order valence-electron chi connectivity index (χ2n) is 3.65.